The summed E-state index contributed by atoms with van der Waals surface area (Å²) >= 11 is 0. The van der Waals surface area contributed by atoms with Crippen LogP contribution < -0.4 is 9.62 Å². The minimum Gasteiger partial charge on any atom is -0.350 e. The number of benzene rings is 4. The third-order valence-corrected chi connectivity index (χ3v) is 8.47. The normalized spacial score (nSPS) is 12.3. The van der Waals surface area contributed by atoms with Crippen LogP contribution in [0.1, 0.15) is 31.9 Å². The summed E-state index contributed by atoms with van der Waals surface area (Å²) in [7, 11) is -4.37. The van der Waals surface area contributed by atoms with Gasteiger partial charge in [-0.1, -0.05) is 91.0 Å². The maximum absolute atomic E-state index is 15.1. The van der Waals surface area contributed by atoms with Crippen LogP contribution in [0.15, 0.2) is 120 Å². The molecule has 0 aliphatic carbocycles. The van der Waals surface area contributed by atoms with Gasteiger partial charge in [0.15, 0.2) is 0 Å². The van der Waals surface area contributed by atoms with Crippen LogP contribution in [0.2, 0.25) is 0 Å². The van der Waals surface area contributed by atoms with E-state index in [-0.39, 0.29) is 29.5 Å². The van der Waals surface area contributed by atoms with Crippen molar-refractivity contribution < 1.29 is 22.4 Å². The minimum absolute atomic E-state index is 0.0330. The number of carbonyl (C=O) groups is 2. The van der Waals surface area contributed by atoms with E-state index in [2.05, 4.69) is 5.32 Å². The average Bonchev–Trinajstić information content (AvgIpc) is 2.98. The summed E-state index contributed by atoms with van der Waals surface area (Å²) in [4.78, 5) is 29.5. The molecule has 0 fully saturated rings. The molecule has 2 amide bonds. The van der Waals surface area contributed by atoms with E-state index >= 15 is 4.39 Å². The zero-order chi connectivity index (χ0) is 31.0. The second kappa shape index (κ2) is 13.6. The zero-order valence-corrected chi connectivity index (χ0v) is 25.3. The highest BCUT2D eigenvalue weighted by molar-refractivity contribution is 7.92. The fourth-order valence-corrected chi connectivity index (χ4v) is 6.12. The van der Waals surface area contributed by atoms with Crippen molar-refractivity contribution >= 4 is 27.5 Å². The number of amides is 2. The first-order valence-corrected chi connectivity index (χ1v) is 15.4. The summed E-state index contributed by atoms with van der Waals surface area (Å²) in [6.07, 6.45) is 0.187. The van der Waals surface area contributed by atoms with Crippen LogP contribution in [0.3, 0.4) is 0 Å². The summed E-state index contributed by atoms with van der Waals surface area (Å²) in [6, 6.07) is 30.5. The van der Waals surface area contributed by atoms with Crippen molar-refractivity contribution in [2.24, 2.45) is 0 Å². The van der Waals surface area contributed by atoms with Crippen molar-refractivity contribution in [3.63, 3.8) is 0 Å². The van der Waals surface area contributed by atoms with Crippen LogP contribution in [0, 0.1) is 5.82 Å². The van der Waals surface area contributed by atoms with Crippen molar-refractivity contribution in [3.05, 3.63) is 132 Å². The predicted molar refractivity (Wildman–Crippen MR) is 166 cm³/mol. The number of hydrogen-bond acceptors (Lipinski definition) is 4. The van der Waals surface area contributed by atoms with Crippen molar-refractivity contribution in [1.82, 2.24) is 10.2 Å². The Balaban J connectivity index is 1.81. The molecule has 0 aliphatic rings. The predicted octanol–water partition coefficient (Wildman–Crippen LogP) is 5.58. The fraction of sp³-hybridized carbons (Fsp3) is 0.235. The van der Waals surface area contributed by atoms with E-state index in [9.17, 15) is 18.0 Å². The molecule has 0 bridgehead atoms. The molecular formula is C34H36FN3O4S. The number of hydrogen-bond donors (Lipinski definition) is 1. The van der Waals surface area contributed by atoms with Crippen LogP contribution in [-0.4, -0.2) is 43.3 Å². The minimum atomic E-state index is -4.37. The molecule has 1 atom stereocenters. The number of carbonyl (C=O) groups excluding carboxylic acids is 2. The first-order chi connectivity index (χ1) is 20.5. The van der Waals surface area contributed by atoms with Gasteiger partial charge in [0.25, 0.3) is 10.0 Å². The van der Waals surface area contributed by atoms with Gasteiger partial charge >= 0.3 is 0 Å². The van der Waals surface area contributed by atoms with E-state index < -0.39 is 39.9 Å². The fourth-order valence-electron chi connectivity index (χ4n) is 4.67. The Morgan fingerprint density at radius 2 is 1.28 bits per heavy atom. The van der Waals surface area contributed by atoms with E-state index in [1.165, 1.54) is 35.2 Å². The highest BCUT2D eigenvalue weighted by Crippen LogP contribution is 2.27. The van der Waals surface area contributed by atoms with Gasteiger partial charge in [-0.15, -0.1) is 0 Å². The van der Waals surface area contributed by atoms with E-state index in [1.54, 1.807) is 18.2 Å². The zero-order valence-electron chi connectivity index (χ0n) is 24.5. The van der Waals surface area contributed by atoms with Gasteiger partial charge in [-0.25, -0.2) is 12.8 Å². The molecule has 9 heteroatoms. The molecule has 0 spiro atoms. The molecule has 0 unspecified atom stereocenters. The SMILES string of the molecule is CC(C)(C)NC(=O)[C@H](Cc1ccccc1)N(Cc1ccccc1)C(=O)CN(c1ccccc1F)S(=O)(=O)c1ccccc1. The molecule has 224 valence electrons. The van der Waals surface area contributed by atoms with E-state index in [0.29, 0.717) is 0 Å². The number of halogens is 1. The van der Waals surface area contributed by atoms with E-state index in [0.717, 1.165) is 21.5 Å². The Bertz CT molecular complexity index is 1630. The lowest BCUT2D eigenvalue weighted by Crippen LogP contribution is -2.56. The van der Waals surface area contributed by atoms with Crippen LogP contribution in [-0.2, 0) is 32.6 Å². The number of nitrogens with zero attached hydrogens (tertiary/aromatic N) is 2. The highest BCUT2D eigenvalue weighted by atomic mass is 32.2. The Morgan fingerprint density at radius 3 is 1.84 bits per heavy atom. The van der Waals surface area contributed by atoms with Crippen molar-refractivity contribution in [3.8, 4) is 0 Å². The second-order valence-electron chi connectivity index (χ2n) is 11.2. The molecule has 0 aliphatic heterocycles. The summed E-state index contributed by atoms with van der Waals surface area (Å²) < 4.78 is 43.7. The van der Waals surface area contributed by atoms with Crippen LogP contribution in [0.25, 0.3) is 0 Å². The number of para-hydroxylation sites is 1. The Morgan fingerprint density at radius 1 is 0.767 bits per heavy atom. The van der Waals surface area contributed by atoms with Gasteiger partial charge in [0.1, 0.15) is 18.4 Å². The van der Waals surface area contributed by atoms with Gasteiger partial charge in [-0.2, -0.15) is 0 Å². The van der Waals surface area contributed by atoms with Crippen molar-refractivity contribution in [2.45, 2.75) is 50.2 Å². The van der Waals surface area contributed by atoms with Gasteiger partial charge < -0.3 is 10.2 Å². The smallest absolute Gasteiger partial charge is 0.264 e. The number of rotatable bonds is 11. The largest absolute Gasteiger partial charge is 0.350 e. The number of nitrogens with one attached hydrogen (secondary N) is 1. The number of sulfonamides is 1. The molecule has 0 aromatic heterocycles. The van der Waals surface area contributed by atoms with Crippen molar-refractivity contribution in [2.75, 3.05) is 10.8 Å². The number of anilines is 1. The second-order valence-corrected chi connectivity index (χ2v) is 13.1. The van der Waals surface area contributed by atoms with Crippen LogP contribution in [0.5, 0.6) is 0 Å². The molecule has 43 heavy (non-hydrogen) atoms. The summed E-state index contributed by atoms with van der Waals surface area (Å²) in [5.41, 5.74) is 0.716. The Labute approximate surface area is 253 Å². The monoisotopic (exact) mass is 601 g/mol. The van der Waals surface area contributed by atoms with Crippen LogP contribution in [0.4, 0.5) is 10.1 Å². The van der Waals surface area contributed by atoms with Crippen LogP contribution >= 0.6 is 0 Å². The first-order valence-electron chi connectivity index (χ1n) is 14.0. The topological polar surface area (TPSA) is 86.8 Å². The molecule has 4 rings (SSSR count). The van der Waals surface area contributed by atoms with Gasteiger partial charge in [0.05, 0.1) is 10.6 Å². The van der Waals surface area contributed by atoms with Gasteiger partial charge in [-0.05, 0) is 56.2 Å². The van der Waals surface area contributed by atoms with E-state index in [1.807, 2.05) is 81.4 Å². The standard InChI is InChI=1S/C34H36FN3O4S/c1-34(2,3)36-33(40)31(23-26-15-7-4-8-16-26)37(24-27-17-9-5-10-18-27)32(39)25-38(30-22-14-13-21-29(30)35)43(41,42)28-19-11-6-12-20-28/h4-22,31H,23-25H2,1-3H3,(H,36,40)/t31-/m0/s1. The maximum atomic E-state index is 15.1. The molecular weight excluding hydrogens is 565 g/mol. The maximum Gasteiger partial charge on any atom is 0.264 e. The summed E-state index contributed by atoms with van der Waals surface area (Å²) in [6.45, 7) is 4.85. The molecule has 7 nitrogen and oxygen atoms in total. The van der Waals surface area contributed by atoms with Gasteiger partial charge in [0.2, 0.25) is 11.8 Å². The van der Waals surface area contributed by atoms with Gasteiger partial charge in [-0.3, -0.25) is 13.9 Å². The lowest BCUT2D eigenvalue weighted by molar-refractivity contribution is -0.140. The molecule has 4 aromatic rings. The molecule has 1 N–H and O–H groups in total. The van der Waals surface area contributed by atoms with Gasteiger partial charge in [0, 0.05) is 18.5 Å². The third-order valence-electron chi connectivity index (χ3n) is 6.70. The summed E-state index contributed by atoms with van der Waals surface area (Å²) in [5, 5.41) is 2.99. The molecule has 0 saturated carbocycles. The molecule has 0 heterocycles. The molecule has 4 aromatic carbocycles. The summed E-state index contributed by atoms with van der Waals surface area (Å²) in [5.74, 6) is -1.84. The lowest BCUT2D eigenvalue weighted by Gasteiger charge is -2.35. The van der Waals surface area contributed by atoms with E-state index in [4.69, 9.17) is 0 Å². The third kappa shape index (κ3) is 8.29. The lowest BCUT2D eigenvalue weighted by atomic mass is 10.0. The Kier molecular flexibility index (Phi) is 9.98. The first kappa shape index (κ1) is 31.4. The average molecular weight is 602 g/mol. The Hall–Kier alpha value is -4.50. The molecule has 0 radical (unpaired) electrons. The molecule has 0 saturated heterocycles. The highest BCUT2D eigenvalue weighted by Gasteiger charge is 2.36. The quantitative estimate of drug-likeness (QED) is 0.243. The van der Waals surface area contributed by atoms with Crippen molar-refractivity contribution in [1.29, 1.82) is 0 Å².